The smallest absolute Gasteiger partial charge is 0.198 e. The van der Waals surface area contributed by atoms with Gasteiger partial charge in [-0.2, -0.15) is 0 Å². The second-order valence-corrected chi connectivity index (χ2v) is 4.90. The molecule has 1 aromatic heterocycles. The molecule has 3 rings (SSSR count). The van der Waals surface area contributed by atoms with E-state index in [4.69, 9.17) is 0 Å². The number of aliphatic hydroxyl groups excluding tert-OH is 1. The third-order valence-electron chi connectivity index (χ3n) is 3.87. The second-order valence-electron chi connectivity index (χ2n) is 4.90. The molecule has 4 nitrogen and oxygen atoms in total. The summed E-state index contributed by atoms with van der Waals surface area (Å²) in [6, 6.07) is -0.333. The molecule has 1 heterocycles. The van der Waals surface area contributed by atoms with E-state index in [9.17, 15) is 15.3 Å². The van der Waals surface area contributed by atoms with Gasteiger partial charge in [0.05, 0.1) is 12.1 Å². The van der Waals surface area contributed by atoms with Gasteiger partial charge >= 0.3 is 0 Å². The van der Waals surface area contributed by atoms with Crippen molar-refractivity contribution in [3.05, 3.63) is 23.3 Å². The van der Waals surface area contributed by atoms with E-state index >= 15 is 0 Å². The number of hydrogen-bond donors (Lipinski definition) is 3. The van der Waals surface area contributed by atoms with Gasteiger partial charge < -0.3 is 15.3 Å². The Balaban J connectivity index is 2.10. The van der Waals surface area contributed by atoms with Crippen LogP contribution in [-0.2, 0) is 12.8 Å². The molecular weight excluding hydrogens is 218 g/mol. The van der Waals surface area contributed by atoms with Gasteiger partial charge in [-0.15, -0.1) is 0 Å². The molecule has 2 atom stereocenters. The Morgan fingerprint density at radius 2 is 1.65 bits per heavy atom. The maximum atomic E-state index is 10.2. The lowest BCUT2D eigenvalue weighted by Crippen LogP contribution is -2.17. The summed E-state index contributed by atoms with van der Waals surface area (Å²) in [4.78, 5) is 0. The van der Waals surface area contributed by atoms with Crippen LogP contribution in [0.5, 0.6) is 11.8 Å². The first-order chi connectivity index (χ1) is 8.20. The Morgan fingerprint density at radius 3 is 2.12 bits per heavy atom. The molecule has 0 unspecified atom stereocenters. The van der Waals surface area contributed by atoms with Crippen LogP contribution in [0.15, 0.2) is 12.2 Å². The molecule has 0 saturated carbocycles. The highest BCUT2D eigenvalue weighted by molar-refractivity contribution is 5.48. The minimum Gasteiger partial charge on any atom is -0.494 e. The van der Waals surface area contributed by atoms with E-state index in [1.165, 1.54) is 4.57 Å². The van der Waals surface area contributed by atoms with Crippen LogP contribution in [-0.4, -0.2) is 26.0 Å². The van der Waals surface area contributed by atoms with Crippen molar-refractivity contribution in [3.63, 3.8) is 0 Å². The Kier molecular flexibility index (Phi) is 2.40. The van der Waals surface area contributed by atoms with Crippen LogP contribution in [0.4, 0.5) is 0 Å². The quantitative estimate of drug-likeness (QED) is 0.648. The van der Waals surface area contributed by atoms with Crippen molar-refractivity contribution in [2.24, 2.45) is 0 Å². The standard InChI is InChI=1S/C13H17NO3/c15-11-7-3-6-10(11)14-12(16)8-4-1-2-5-9(8)13(14)17/h3,6,10-11,15-17H,1-2,4-5,7H2/t10-,11-/m0/s1. The molecular formula is C13H17NO3. The number of aromatic nitrogens is 1. The summed E-state index contributed by atoms with van der Waals surface area (Å²) < 4.78 is 1.48. The molecule has 0 fully saturated rings. The fourth-order valence-corrected chi connectivity index (χ4v) is 2.96. The minimum atomic E-state index is -0.555. The highest BCUT2D eigenvalue weighted by atomic mass is 16.3. The lowest BCUT2D eigenvalue weighted by Gasteiger charge is -2.18. The molecule has 1 aromatic rings. The number of hydrogen-bond acceptors (Lipinski definition) is 3. The first kappa shape index (κ1) is 10.7. The fraction of sp³-hybridized carbons (Fsp3) is 0.538. The van der Waals surface area contributed by atoms with E-state index in [2.05, 4.69) is 0 Å². The van der Waals surface area contributed by atoms with E-state index in [1.807, 2.05) is 12.2 Å². The van der Waals surface area contributed by atoms with Crippen molar-refractivity contribution < 1.29 is 15.3 Å². The van der Waals surface area contributed by atoms with Gasteiger partial charge in [0.2, 0.25) is 0 Å². The summed E-state index contributed by atoms with van der Waals surface area (Å²) in [6.07, 6.45) is 7.47. The number of rotatable bonds is 1. The molecule has 2 aliphatic carbocycles. The van der Waals surface area contributed by atoms with Crippen molar-refractivity contribution >= 4 is 0 Å². The molecule has 4 heteroatoms. The highest BCUT2D eigenvalue weighted by Crippen LogP contribution is 2.43. The van der Waals surface area contributed by atoms with Gasteiger partial charge in [0.25, 0.3) is 0 Å². The minimum absolute atomic E-state index is 0.132. The Hall–Kier alpha value is -1.42. The van der Waals surface area contributed by atoms with Gasteiger partial charge in [-0.3, -0.25) is 4.57 Å². The van der Waals surface area contributed by atoms with Gasteiger partial charge in [0.1, 0.15) is 0 Å². The summed E-state index contributed by atoms with van der Waals surface area (Å²) in [5, 5.41) is 30.2. The summed E-state index contributed by atoms with van der Waals surface area (Å²) >= 11 is 0. The zero-order valence-electron chi connectivity index (χ0n) is 9.63. The topological polar surface area (TPSA) is 65.6 Å². The molecule has 0 aromatic carbocycles. The van der Waals surface area contributed by atoms with Crippen molar-refractivity contribution in [3.8, 4) is 11.8 Å². The zero-order chi connectivity index (χ0) is 12.0. The first-order valence-electron chi connectivity index (χ1n) is 6.18. The van der Waals surface area contributed by atoms with Crippen molar-refractivity contribution in [1.29, 1.82) is 0 Å². The van der Waals surface area contributed by atoms with Crippen LogP contribution in [0, 0.1) is 0 Å². The summed E-state index contributed by atoms with van der Waals surface area (Å²) in [7, 11) is 0. The number of fused-ring (bicyclic) bond motifs is 1. The normalized spacial score (nSPS) is 27.4. The number of aliphatic hydroxyl groups is 1. The summed E-state index contributed by atoms with van der Waals surface area (Å²) in [5.41, 5.74) is 1.72. The number of nitrogens with zero attached hydrogens (tertiary/aromatic N) is 1. The van der Waals surface area contributed by atoms with E-state index < -0.39 is 6.10 Å². The fourth-order valence-electron chi connectivity index (χ4n) is 2.96. The predicted molar refractivity (Wildman–Crippen MR) is 63.2 cm³/mol. The largest absolute Gasteiger partial charge is 0.494 e. The van der Waals surface area contributed by atoms with Crippen LogP contribution in [0.1, 0.15) is 36.4 Å². The monoisotopic (exact) mass is 235 g/mol. The van der Waals surface area contributed by atoms with Crippen LogP contribution in [0.3, 0.4) is 0 Å². The van der Waals surface area contributed by atoms with Gasteiger partial charge in [0.15, 0.2) is 11.8 Å². The molecule has 0 aliphatic heterocycles. The lowest BCUT2D eigenvalue weighted by atomic mass is 9.95. The van der Waals surface area contributed by atoms with E-state index in [1.54, 1.807) is 0 Å². The molecule has 0 bridgehead atoms. The molecule has 0 amide bonds. The van der Waals surface area contributed by atoms with Gasteiger partial charge in [-0.05, 0) is 32.1 Å². The third-order valence-corrected chi connectivity index (χ3v) is 3.87. The van der Waals surface area contributed by atoms with Gasteiger partial charge in [-0.1, -0.05) is 12.2 Å². The van der Waals surface area contributed by atoms with Crippen LogP contribution in [0.25, 0.3) is 0 Å². The maximum absolute atomic E-state index is 10.2. The molecule has 92 valence electrons. The van der Waals surface area contributed by atoms with Gasteiger partial charge in [0, 0.05) is 11.1 Å². The first-order valence-corrected chi connectivity index (χ1v) is 6.18. The average molecular weight is 235 g/mol. The SMILES string of the molecule is Oc1c2c(c(O)n1[C@H]1C=CC[C@@H]1O)CCCC2. The molecule has 0 spiro atoms. The Labute approximate surface area is 99.8 Å². The van der Waals surface area contributed by atoms with Crippen molar-refractivity contribution in [2.75, 3.05) is 0 Å². The van der Waals surface area contributed by atoms with E-state index in [0.29, 0.717) is 6.42 Å². The summed E-state index contributed by atoms with van der Waals surface area (Å²) in [5.74, 6) is 0.264. The van der Waals surface area contributed by atoms with Gasteiger partial charge in [-0.25, -0.2) is 0 Å². The van der Waals surface area contributed by atoms with E-state index in [-0.39, 0.29) is 17.8 Å². The molecule has 0 saturated heterocycles. The second kappa shape index (κ2) is 3.81. The van der Waals surface area contributed by atoms with Crippen LogP contribution >= 0.6 is 0 Å². The third kappa shape index (κ3) is 1.47. The molecule has 3 N–H and O–H groups in total. The zero-order valence-corrected chi connectivity index (χ0v) is 9.63. The summed E-state index contributed by atoms with van der Waals surface area (Å²) in [6.45, 7) is 0. The lowest BCUT2D eigenvalue weighted by molar-refractivity contribution is 0.137. The predicted octanol–water partition coefficient (Wildman–Crippen LogP) is 1.64. The molecule has 17 heavy (non-hydrogen) atoms. The van der Waals surface area contributed by atoms with E-state index in [0.717, 1.165) is 36.8 Å². The van der Waals surface area contributed by atoms with Crippen molar-refractivity contribution in [2.45, 2.75) is 44.2 Å². The van der Waals surface area contributed by atoms with Crippen molar-refractivity contribution in [1.82, 2.24) is 4.57 Å². The van der Waals surface area contributed by atoms with Crippen LogP contribution < -0.4 is 0 Å². The highest BCUT2D eigenvalue weighted by Gasteiger charge is 2.31. The maximum Gasteiger partial charge on any atom is 0.198 e. The molecule has 0 radical (unpaired) electrons. The molecule has 2 aliphatic rings. The number of aromatic hydroxyl groups is 2. The Bertz CT molecular complexity index is 446. The Morgan fingerprint density at radius 1 is 1.06 bits per heavy atom. The average Bonchev–Trinajstić information content (AvgIpc) is 2.84. The van der Waals surface area contributed by atoms with Crippen LogP contribution in [0.2, 0.25) is 0 Å².